The van der Waals surface area contributed by atoms with Gasteiger partial charge in [-0.05, 0) is 18.4 Å². The molecule has 0 amide bonds. The molecular weight excluding hydrogens is 380 g/mol. The van der Waals surface area contributed by atoms with Gasteiger partial charge >= 0.3 is 11.9 Å². The van der Waals surface area contributed by atoms with Gasteiger partial charge in [-0.15, -0.1) is 0 Å². The highest BCUT2D eigenvalue weighted by Gasteiger charge is 2.49. The van der Waals surface area contributed by atoms with E-state index in [4.69, 9.17) is 14.2 Å². The number of rotatable bonds is 9. The van der Waals surface area contributed by atoms with Crippen molar-refractivity contribution < 1.29 is 39.1 Å². The second-order valence-electron chi connectivity index (χ2n) is 7.20. The highest BCUT2D eigenvalue weighted by Crippen LogP contribution is 2.25. The van der Waals surface area contributed by atoms with Gasteiger partial charge in [-0.25, -0.2) is 4.79 Å². The topological polar surface area (TPSA) is 123 Å². The largest absolute Gasteiger partial charge is 0.459 e. The average molecular weight is 410 g/mol. The molecule has 1 aromatic rings. The fourth-order valence-electron chi connectivity index (χ4n) is 3.24. The van der Waals surface area contributed by atoms with Crippen LogP contribution in [-0.4, -0.2) is 58.0 Å². The molecule has 0 bridgehead atoms. The fraction of sp³-hybridized carbons (Fsp3) is 0.619. The molecule has 29 heavy (non-hydrogen) atoms. The highest BCUT2D eigenvalue weighted by molar-refractivity contribution is 5.76. The van der Waals surface area contributed by atoms with Gasteiger partial charge in [-0.1, -0.05) is 57.0 Å². The van der Waals surface area contributed by atoms with Gasteiger partial charge in [0.05, 0.1) is 5.92 Å². The fourth-order valence-corrected chi connectivity index (χ4v) is 3.24. The number of aliphatic hydroxyl groups excluding tert-OH is 3. The first kappa shape index (κ1) is 23.3. The second kappa shape index (κ2) is 11.3. The standard InChI is InChI=1S/C21H30O8/c1-3-8-14(9-4-2)19(25)29-21-17(24)15(22)16(23)18(28-21)20(26)27-12-13-10-6-5-7-11-13/h5-7,10-11,14-18,21-24H,3-4,8-9,12H2,1-2H3/t15-,16-,17+,18-,21-/m0/s1. The SMILES string of the molecule is CCCC(CCC)C(=O)O[C@@H]1O[C@H](C(=O)OCc2ccccc2)[C@@H](O)[C@H](O)[C@H]1O. The van der Waals surface area contributed by atoms with E-state index in [1.165, 1.54) is 0 Å². The molecule has 1 aromatic carbocycles. The van der Waals surface area contributed by atoms with Gasteiger partial charge in [0, 0.05) is 0 Å². The maximum Gasteiger partial charge on any atom is 0.338 e. The first-order valence-electron chi connectivity index (χ1n) is 9.99. The number of carbonyl (C=O) groups is 2. The van der Waals surface area contributed by atoms with Crippen molar-refractivity contribution in [3.8, 4) is 0 Å². The molecule has 8 heteroatoms. The van der Waals surface area contributed by atoms with Crippen molar-refractivity contribution in [3.63, 3.8) is 0 Å². The van der Waals surface area contributed by atoms with Crippen LogP contribution >= 0.6 is 0 Å². The molecule has 162 valence electrons. The van der Waals surface area contributed by atoms with Crippen molar-refractivity contribution in [3.05, 3.63) is 35.9 Å². The predicted octanol–water partition coefficient (Wildman–Crippen LogP) is 1.30. The predicted molar refractivity (Wildman–Crippen MR) is 102 cm³/mol. The zero-order valence-corrected chi connectivity index (χ0v) is 16.8. The molecule has 1 aliphatic rings. The van der Waals surface area contributed by atoms with Crippen molar-refractivity contribution in [2.45, 2.75) is 76.8 Å². The molecule has 1 aliphatic heterocycles. The molecule has 8 nitrogen and oxygen atoms in total. The highest BCUT2D eigenvalue weighted by atomic mass is 16.7. The third kappa shape index (κ3) is 6.24. The van der Waals surface area contributed by atoms with Gasteiger partial charge in [-0.2, -0.15) is 0 Å². The minimum Gasteiger partial charge on any atom is -0.459 e. The van der Waals surface area contributed by atoms with Gasteiger partial charge < -0.3 is 29.5 Å². The minimum atomic E-state index is -1.73. The molecule has 0 aromatic heterocycles. The molecule has 0 radical (unpaired) electrons. The summed E-state index contributed by atoms with van der Waals surface area (Å²) in [6, 6.07) is 8.91. The van der Waals surface area contributed by atoms with Crippen molar-refractivity contribution >= 4 is 11.9 Å². The number of esters is 2. The summed E-state index contributed by atoms with van der Waals surface area (Å²) in [6.45, 7) is 3.84. The lowest BCUT2D eigenvalue weighted by atomic mass is 9.97. The van der Waals surface area contributed by atoms with Crippen LogP contribution in [-0.2, 0) is 30.4 Å². The van der Waals surface area contributed by atoms with Crippen LogP contribution < -0.4 is 0 Å². The molecule has 0 aliphatic carbocycles. The van der Waals surface area contributed by atoms with Crippen LogP contribution in [0.1, 0.15) is 45.1 Å². The van der Waals surface area contributed by atoms with E-state index in [0.717, 1.165) is 18.4 Å². The van der Waals surface area contributed by atoms with Crippen LogP contribution in [0.5, 0.6) is 0 Å². The van der Waals surface area contributed by atoms with Gasteiger partial charge in [0.25, 0.3) is 0 Å². The summed E-state index contributed by atoms with van der Waals surface area (Å²) < 4.78 is 15.7. The zero-order valence-electron chi connectivity index (χ0n) is 16.8. The quantitative estimate of drug-likeness (QED) is 0.521. The summed E-state index contributed by atoms with van der Waals surface area (Å²) in [4.78, 5) is 24.8. The third-order valence-electron chi connectivity index (χ3n) is 4.87. The van der Waals surface area contributed by atoms with Crippen LogP contribution in [0.2, 0.25) is 0 Å². The Morgan fingerprint density at radius 3 is 2.21 bits per heavy atom. The zero-order chi connectivity index (χ0) is 21.4. The lowest BCUT2D eigenvalue weighted by Crippen LogP contribution is -2.61. The maximum absolute atomic E-state index is 12.4. The van der Waals surface area contributed by atoms with E-state index in [1.54, 1.807) is 24.3 Å². The van der Waals surface area contributed by atoms with Gasteiger partial charge in [0.1, 0.15) is 24.9 Å². The van der Waals surface area contributed by atoms with E-state index in [1.807, 2.05) is 19.9 Å². The number of benzene rings is 1. The molecule has 2 rings (SSSR count). The van der Waals surface area contributed by atoms with E-state index in [-0.39, 0.29) is 12.5 Å². The van der Waals surface area contributed by atoms with E-state index in [9.17, 15) is 24.9 Å². The summed E-state index contributed by atoms with van der Waals surface area (Å²) in [5.74, 6) is -1.86. The Labute approximate surface area is 170 Å². The van der Waals surface area contributed by atoms with Crippen LogP contribution in [0, 0.1) is 5.92 Å². The minimum absolute atomic E-state index is 0.0512. The molecule has 1 heterocycles. The number of aliphatic hydroxyl groups is 3. The van der Waals surface area contributed by atoms with Gasteiger partial charge in [-0.3, -0.25) is 4.79 Å². The lowest BCUT2D eigenvalue weighted by Gasteiger charge is -2.39. The van der Waals surface area contributed by atoms with Crippen molar-refractivity contribution in [1.29, 1.82) is 0 Å². The summed E-state index contributed by atoms with van der Waals surface area (Å²) in [7, 11) is 0. The summed E-state index contributed by atoms with van der Waals surface area (Å²) in [6.07, 6.45) is -5.51. The van der Waals surface area contributed by atoms with Crippen LogP contribution in [0.4, 0.5) is 0 Å². The van der Waals surface area contributed by atoms with Crippen molar-refractivity contribution in [2.24, 2.45) is 5.92 Å². The molecule has 5 atom stereocenters. The first-order valence-corrected chi connectivity index (χ1v) is 9.99. The van der Waals surface area contributed by atoms with Crippen LogP contribution in [0.25, 0.3) is 0 Å². The molecule has 3 N–H and O–H groups in total. The molecule has 1 saturated heterocycles. The Kier molecular flexibility index (Phi) is 9.03. The van der Waals surface area contributed by atoms with Crippen LogP contribution in [0.3, 0.4) is 0 Å². The Hall–Kier alpha value is -2.00. The monoisotopic (exact) mass is 410 g/mol. The first-order chi connectivity index (χ1) is 13.9. The number of hydrogen-bond acceptors (Lipinski definition) is 8. The number of hydrogen-bond donors (Lipinski definition) is 3. The van der Waals surface area contributed by atoms with E-state index >= 15 is 0 Å². The maximum atomic E-state index is 12.4. The Balaban J connectivity index is 2.02. The van der Waals surface area contributed by atoms with E-state index < -0.39 is 42.6 Å². The summed E-state index contributed by atoms with van der Waals surface area (Å²) in [5.41, 5.74) is 0.733. The van der Waals surface area contributed by atoms with E-state index in [0.29, 0.717) is 12.8 Å². The number of ether oxygens (including phenoxy) is 3. The van der Waals surface area contributed by atoms with E-state index in [2.05, 4.69) is 0 Å². The molecule has 0 saturated carbocycles. The third-order valence-corrected chi connectivity index (χ3v) is 4.87. The van der Waals surface area contributed by atoms with Crippen molar-refractivity contribution in [2.75, 3.05) is 0 Å². The molecular formula is C21H30O8. The number of carbonyl (C=O) groups excluding carboxylic acids is 2. The molecule has 1 fully saturated rings. The average Bonchev–Trinajstić information content (AvgIpc) is 2.72. The summed E-state index contributed by atoms with van der Waals surface area (Å²) in [5, 5.41) is 30.4. The molecule has 0 spiro atoms. The van der Waals surface area contributed by atoms with Gasteiger partial charge in [0.2, 0.25) is 6.29 Å². The second-order valence-corrected chi connectivity index (χ2v) is 7.20. The Morgan fingerprint density at radius 2 is 1.62 bits per heavy atom. The summed E-state index contributed by atoms with van der Waals surface area (Å²) >= 11 is 0. The molecule has 0 unspecified atom stereocenters. The lowest BCUT2D eigenvalue weighted by molar-refractivity contribution is -0.288. The normalized spacial score (nSPS) is 26.9. The Morgan fingerprint density at radius 1 is 1.00 bits per heavy atom. The van der Waals surface area contributed by atoms with Crippen molar-refractivity contribution in [1.82, 2.24) is 0 Å². The van der Waals surface area contributed by atoms with Crippen LogP contribution in [0.15, 0.2) is 30.3 Å². The Bertz CT molecular complexity index is 643. The van der Waals surface area contributed by atoms with Gasteiger partial charge in [0.15, 0.2) is 6.10 Å². The smallest absolute Gasteiger partial charge is 0.338 e.